The Morgan fingerprint density at radius 3 is 2.55 bits per heavy atom. The third-order valence-corrected chi connectivity index (χ3v) is 4.96. The van der Waals surface area contributed by atoms with Gasteiger partial charge in [0, 0.05) is 18.1 Å². The third kappa shape index (κ3) is 4.50. The standard InChI is InChI=1S/C25H24N2O6/c1-5-31-24(30)22-17-12-15(10-11-19(17)26-33-22)13-27-14-18(23(29)32-25(2,3)4)21(28)16-8-6-7-9-20(16)27/h6-12,14H,5,13H2,1-4H3. The number of benzene rings is 2. The average Bonchev–Trinajstić information content (AvgIpc) is 3.18. The Balaban J connectivity index is 1.80. The van der Waals surface area contributed by atoms with Crippen LogP contribution in [0.5, 0.6) is 0 Å². The van der Waals surface area contributed by atoms with Crippen molar-refractivity contribution >= 4 is 33.7 Å². The number of esters is 2. The Morgan fingerprint density at radius 1 is 1.06 bits per heavy atom. The smallest absolute Gasteiger partial charge is 0.377 e. The number of nitrogens with zero attached hydrogens (tertiary/aromatic N) is 2. The molecule has 0 fully saturated rings. The Morgan fingerprint density at radius 2 is 1.82 bits per heavy atom. The second-order valence-corrected chi connectivity index (χ2v) is 8.60. The molecular formula is C25H24N2O6. The maximum atomic E-state index is 13.0. The zero-order valence-corrected chi connectivity index (χ0v) is 18.9. The van der Waals surface area contributed by atoms with Crippen LogP contribution in [0.2, 0.25) is 0 Å². The number of para-hydroxylation sites is 1. The number of hydrogen-bond acceptors (Lipinski definition) is 7. The molecule has 0 aliphatic carbocycles. The summed E-state index contributed by atoms with van der Waals surface area (Å²) in [6.07, 6.45) is 1.52. The Hall–Kier alpha value is -3.94. The van der Waals surface area contributed by atoms with Crippen LogP contribution >= 0.6 is 0 Å². The van der Waals surface area contributed by atoms with E-state index in [9.17, 15) is 14.4 Å². The van der Waals surface area contributed by atoms with E-state index in [2.05, 4.69) is 5.16 Å². The first-order valence-electron chi connectivity index (χ1n) is 10.6. The lowest BCUT2D eigenvalue weighted by Crippen LogP contribution is -2.28. The number of carbonyl (C=O) groups excluding carboxylic acids is 2. The predicted octanol–water partition coefficient (Wildman–Crippen LogP) is 4.32. The van der Waals surface area contributed by atoms with Crippen molar-refractivity contribution in [3.63, 3.8) is 0 Å². The second kappa shape index (κ2) is 8.54. The van der Waals surface area contributed by atoms with E-state index in [1.54, 1.807) is 52.0 Å². The fourth-order valence-corrected chi connectivity index (χ4v) is 3.58. The summed E-state index contributed by atoms with van der Waals surface area (Å²) in [5.41, 5.74) is 0.868. The maximum Gasteiger partial charge on any atom is 0.377 e. The highest BCUT2D eigenvalue weighted by Gasteiger charge is 2.23. The first-order chi connectivity index (χ1) is 15.7. The van der Waals surface area contributed by atoms with Gasteiger partial charge < -0.3 is 18.6 Å². The van der Waals surface area contributed by atoms with Crippen LogP contribution in [-0.4, -0.2) is 33.9 Å². The van der Waals surface area contributed by atoms with Gasteiger partial charge in [-0.15, -0.1) is 0 Å². The van der Waals surface area contributed by atoms with Crippen molar-refractivity contribution in [3.8, 4) is 0 Å². The Labute approximate surface area is 189 Å². The van der Waals surface area contributed by atoms with E-state index < -0.39 is 17.5 Å². The summed E-state index contributed by atoms with van der Waals surface area (Å²) in [6, 6.07) is 12.5. The lowest BCUT2D eigenvalue weighted by atomic mass is 10.1. The van der Waals surface area contributed by atoms with E-state index in [0.717, 1.165) is 5.56 Å². The van der Waals surface area contributed by atoms with Gasteiger partial charge in [-0.25, -0.2) is 9.59 Å². The molecule has 0 spiro atoms. The molecule has 4 aromatic rings. The Bertz CT molecular complexity index is 1420. The second-order valence-electron chi connectivity index (χ2n) is 8.60. The van der Waals surface area contributed by atoms with Gasteiger partial charge in [0.05, 0.1) is 17.5 Å². The molecule has 2 aromatic carbocycles. The molecule has 33 heavy (non-hydrogen) atoms. The van der Waals surface area contributed by atoms with Crippen LogP contribution in [0.15, 0.2) is 58.0 Å². The summed E-state index contributed by atoms with van der Waals surface area (Å²) in [4.78, 5) is 37.9. The summed E-state index contributed by atoms with van der Waals surface area (Å²) in [5, 5.41) is 4.86. The highest BCUT2D eigenvalue weighted by molar-refractivity contribution is 6.01. The largest absolute Gasteiger partial charge is 0.460 e. The predicted molar refractivity (Wildman–Crippen MR) is 122 cm³/mol. The normalized spacial score (nSPS) is 11.6. The van der Waals surface area contributed by atoms with E-state index in [1.165, 1.54) is 6.20 Å². The molecule has 0 bridgehead atoms. The van der Waals surface area contributed by atoms with Crippen molar-refractivity contribution in [1.82, 2.24) is 9.72 Å². The molecule has 0 saturated carbocycles. The molecule has 0 radical (unpaired) electrons. The summed E-state index contributed by atoms with van der Waals surface area (Å²) in [5.74, 6) is -1.22. The monoisotopic (exact) mass is 448 g/mol. The zero-order valence-electron chi connectivity index (χ0n) is 18.9. The summed E-state index contributed by atoms with van der Waals surface area (Å²) in [6.45, 7) is 7.52. The minimum atomic E-state index is -0.733. The van der Waals surface area contributed by atoms with Crippen molar-refractivity contribution in [1.29, 1.82) is 0 Å². The van der Waals surface area contributed by atoms with Crippen LogP contribution in [0.3, 0.4) is 0 Å². The SMILES string of the molecule is CCOC(=O)c1onc2ccc(Cn3cc(C(=O)OC(C)(C)C)c(=O)c4ccccc43)cc12. The quantitative estimate of drug-likeness (QED) is 0.419. The van der Waals surface area contributed by atoms with Gasteiger partial charge in [-0.05, 0) is 57.5 Å². The van der Waals surface area contributed by atoms with Crippen LogP contribution in [0.4, 0.5) is 0 Å². The van der Waals surface area contributed by atoms with Crippen LogP contribution in [0.1, 0.15) is 54.2 Å². The molecule has 0 aliphatic heterocycles. The number of ether oxygens (including phenoxy) is 2. The lowest BCUT2D eigenvalue weighted by molar-refractivity contribution is 0.00672. The Kier molecular flexibility index (Phi) is 5.76. The number of carbonyl (C=O) groups is 2. The summed E-state index contributed by atoms with van der Waals surface area (Å²) >= 11 is 0. The number of aromatic nitrogens is 2. The van der Waals surface area contributed by atoms with E-state index in [-0.39, 0.29) is 23.4 Å². The molecule has 170 valence electrons. The van der Waals surface area contributed by atoms with E-state index in [1.807, 2.05) is 22.8 Å². The molecule has 2 aromatic heterocycles. The minimum absolute atomic E-state index is 0.0351. The zero-order chi connectivity index (χ0) is 23.8. The van der Waals surface area contributed by atoms with E-state index >= 15 is 0 Å². The van der Waals surface area contributed by atoms with Gasteiger partial charge in [-0.1, -0.05) is 23.4 Å². The molecule has 8 heteroatoms. The molecule has 0 unspecified atom stereocenters. The van der Waals surface area contributed by atoms with Crippen molar-refractivity contribution in [2.45, 2.75) is 39.8 Å². The molecule has 4 rings (SSSR count). The van der Waals surface area contributed by atoms with Crippen molar-refractivity contribution in [3.05, 3.63) is 75.8 Å². The lowest BCUT2D eigenvalue weighted by Gasteiger charge is -2.20. The summed E-state index contributed by atoms with van der Waals surface area (Å²) in [7, 11) is 0. The number of fused-ring (bicyclic) bond motifs is 2. The molecule has 0 saturated heterocycles. The number of rotatable bonds is 5. The highest BCUT2D eigenvalue weighted by atomic mass is 16.6. The first kappa shape index (κ1) is 22.3. The number of pyridine rings is 1. The van der Waals surface area contributed by atoms with E-state index in [0.29, 0.717) is 28.4 Å². The summed E-state index contributed by atoms with van der Waals surface area (Å²) < 4.78 is 17.5. The fraction of sp³-hybridized carbons (Fsp3) is 0.280. The van der Waals surface area contributed by atoms with Crippen molar-refractivity contribution in [2.24, 2.45) is 0 Å². The first-order valence-corrected chi connectivity index (χ1v) is 10.6. The molecule has 0 atom stereocenters. The molecular weight excluding hydrogens is 424 g/mol. The maximum absolute atomic E-state index is 13.0. The van der Waals surface area contributed by atoms with Gasteiger partial charge in [-0.3, -0.25) is 4.79 Å². The van der Waals surface area contributed by atoms with Gasteiger partial charge in [0.15, 0.2) is 0 Å². The topological polar surface area (TPSA) is 101 Å². The van der Waals surface area contributed by atoms with Gasteiger partial charge in [0.2, 0.25) is 5.43 Å². The van der Waals surface area contributed by atoms with E-state index in [4.69, 9.17) is 14.0 Å². The average molecular weight is 448 g/mol. The van der Waals surface area contributed by atoms with Crippen molar-refractivity contribution < 1.29 is 23.6 Å². The molecule has 8 nitrogen and oxygen atoms in total. The van der Waals surface area contributed by atoms with Gasteiger partial charge in [0.1, 0.15) is 16.7 Å². The molecule has 2 heterocycles. The van der Waals surface area contributed by atoms with Crippen molar-refractivity contribution in [2.75, 3.05) is 6.61 Å². The molecule has 0 amide bonds. The van der Waals surface area contributed by atoms with Crippen LogP contribution < -0.4 is 5.43 Å². The van der Waals surface area contributed by atoms with Gasteiger partial charge >= 0.3 is 11.9 Å². The van der Waals surface area contributed by atoms with Crippen LogP contribution in [0, 0.1) is 0 Å². The van der Waals surface area contributed by atoms with Crippen LogP contribution in [0.25, 0.3) is 21.8 Å². The minimum Gasteiger partial charge on any atom is -0.460 e. The van der Waals surface area contributed by atoms with Gasteiger partial charge in [0.25, 0.3) is 5.76 Å². The molecule has 0 aliphatic rings. The van der Waals surface area contributed by atoms with Crippen LogP contribution in [-0.2, 0) is 16.0 Å². The highest BCUT2D eigenvalue weighted by Crippen LogP contribution is 2.23. The third-order valence-electron chi connectivity index (χ3n) is 4.96. The molecule has 0 N–H and O–H groups in total. The fourth-order valence-electron chi connectivity index (χ4n) is 3.58. The van der Waals surface area contributed by atoms with Gasteiger partial charge in [-0.2, -0.15) is 0 Å². The number of hydrogen-bond donors (Lipinski definition) is 0.